The van der Waals surface area contributed by atoms with Gasteiger partial charge in [0.15, 0.2) is 0 Å². The molecule has 0 spiro atoms. The first-order valence-corrected chi connectivity index (χ1v) is 8.32. The van der Waals surface area contributed by atoms with Crippen molar-refractivity contribution in [2.75, 3.05) is 31.1 Å². The minimum atomic E-state index is -0.143. The van der Waals surface area contributed by atoms with Crippen molar-refractivity contribution in [3.05, 3.63) is 24.3 Å². The van der Waals surface area contributed by atoms with E-state index in [1.165, 1.54) is 11.8 Å². The second kappa shape index (κ2) is 9.87. The molecule has 5 nitrogen and oxygen atoms in total. The van der Waals surface area contributed by atoms with Crippen LogP contribution in [0.5, 0.6) is 5.75 Å². The second-order valence-corrected chi connectivity index (χ2v) is 5.41. The number of anilines is 1. The molecule has 1 aromatic carbocycles. The van der Waals surface area contributed by atoms with Crippen LogP contribution in [0.4, 0.5) is 5.69 Å². The van der Waals surface area contributed by atoms with Gasteiger partial charge in [-0.1, -0.05) is 13.8 Å². The van der Waals surface area contributed by atoms with Crippen molar-refractivity contribution in [2.24, 2.45) is 0 Å². The van der Waals surface area contributed by atoms with Crippen molar-refractivity contribution in [3.8, 4) is 5.75 Å². The zero-order valence-electron chi connectivity index (χ0n) is 14.7. The van der Waals surface area contributed by atoms with Gasteiger partial charge in [-0.15, -0.1) is 0 Å². The van der Waals surface area contributed by atoms with Gasteiger partial charge in [-0.3, -0.25) is 9.59 Å². The summed E-state index contributed by atoms with van der Waals surface area (Å²) >= 11 is 0. The molecule has 0 aromatic heterocycles. The highest BCUT2D eigenvalue weighted by molar-refractivity contribution is 5.97. The molecule has 0 aliphatic rings. The van der Waals surface area contributed by atoms with Gasteiger partial charge in [-0.25, -0.2) is 0 Å². The van der Waals surface area contributed by atoms with E-state index in [1.54, 1.807) is 0 Å². The lowest BCUT2D eigenvalue weighted by Crippen LogP contribution is -2.43. The average Bonchev–Trinajstić information content (AvgIpc) is 2.53. The predicted octanol–water partition coefficient (Wildman–Crippen LogP) is 3.09. The summed E-state index contributed by atoms with van der Waals surface area (Å²) in [6.07, 6.45) is 1.82. The highest BCUT2D eigenvalue weighted by Crippen LogP contribution is 2.20. The third kappa shape index (κ3) is 5.93. The van der Waals surface area contributed by atoms with Crippen molar-refractivity contribution in [2.45, 2.75) is 40.5 Å². The summed E-state index contributed by atoms with van der Waals surface area (Å²) in [7, 11) is 0. The van der Waals surface area contributed by atoms with Crippen molar-refractivity contribution in [1.82, 2.24) is 4.90 Å². The van der Waals surface area contributed by atoms with Gasteiger partial charge in [-0.2, -0.15) is 0 Å². The lowest BCUT2D eigenvalue weighted by atomic mass is 10.2. The first-order valence-electron chi connectivity index (χ1n) is 8.32. The molecule has 1 aromatic rings. The van der Waals surface area contributed by atoms with E-state index in [2.05, 4.69) is 0 Å². The number of hydrogen-bond acceptors (Lipinski definition) is 3. The summed E-state index contributed by atoms with van der Waals surface area (Å²) in [6.45, 7) is 9.61. The van der Waals surface area contributed by atoms with E-state index in [0.29, 0.717) is 12.3 Å². The number of hydrogen-bond donors (Lipinski definition) is 0. The Hall–Kier alpha value is -2.04. The van der Waals surface area contributed by atoms with Crippen LogP contribution in [0.15, 0.2) is 24.3 Å². The van der Waals surface area contributed by atoms with E-state index in [1.807, 2.05) is 49.9 Å². The van der Waals surface area contributed by atoms with Crippen LogP contribution < -0.4 is 9.64 Å². The highest BCUT2D eigenvalue weighted by atomic mass is 16.5. The van der Waals surface area contributed by atoms with E-state index in [4.69, 9.17) is 4.74 Å². The summed E-state index contributed by atoms with van der Waals surface area (Å²) in [5, 5.41) is 0. The highest BCUT2D eigenvalue weighted by Gasteiger charge is 2.19. The minimum absolute atomic E-state index is 0.0159. The SMILES string of the molecule is CCCN(CCC)C(=O)CN(C(C)=O)c1ccc(OCC)cc1. The minimum Gasteiger partial charge on any atom is -0.494 e. The Labute approximate surface area is 139 Å². The number of carbonyl (C=O) groups excluding carboxylic acids is 2. The third-order valence-corrected chi connectivity index (χ3v) is 3.47. The van der Waals surface area contributed by atoms with E-state index in [0.717, 1.165) is 31.7 Å². The fraction of sp³-hybridized carbons (Fsp3) is 0.556. The zero-order chi connectivity index (χ0) is 17.2. The molecule has 0 unspecified atom stereocenters. The number of ether oxygens (including phenoxy) is 1. The second-order valence-electron chi connectivity index (χ2n) is 5.41. The van der Waals surface area contributed by atoms with E-state index in [9.17, 15) is 9.59 Å². The van der Waals surface area contributed by atoms with Crippen LogP contribution in [0.1, 0.15) is 40.5 Å². The molecule has 128 valence electrons. The summed E-state index contributed by atoms with van der Waals surface area (Å²) in [6, 6.07) is 7.25. The first kappa shape index (κ1) is 19.0. The molecule has 0 radical (unpaired) electrons. The van der Waals surface area contributed by atoms with Crippen LogP contribution in [0.2, 0.25) is 0 Å². The number of amides is 2. The third-order valence-electron chi connectivity index (χ3n) is 3.47. The molecule has 0 heterocycles. The molecular weight excluding hydrogens is 292 g/mol. The van der Waals surface area contributed by atoms with Gasteiger partial charge in [0.2, 0.25) is 11.8 Å². The Balaban J connectivity index is 2.85. The number of rotatable bonds is 9. The van der Waals surface area contributed by atoms with Gasteiger partial charge < -0.3 is 14.5 Å². The van der Waals surface area contributed by atoms with Gasteiger partial charge in [-0.05, 0) is 44.0 Å². The molecule has 0 atom stereocenters. The van der Waals surface area contributed by atoms with Crippen molar-refractivity contribution in [3.63, 3.8) is 0 Å². The van der Waals surface area contributed by atoms with Crippen molar-refractivity contribution >= 4 is 17.5 Å². The molecule has 0 saturated carbocycles. The Bertz CT molecular complexity index is 493. The summed E-state index contributed by atoms with van der Waals surface area (Å²) < 4.78 is 5.41. The van der Waals surface area contributed by atoms with Crippen LogP contribution in [-0.2, 0) is 9.59 Å². The molecule has 1 rings (SSSR count). The quantitative estimate of drug-likeness (QED) is 0.702. The van der Waals surface area contributed by atoms with Crippen molar-refractivity contribution < 1.29 is 14.3 Å². The monoisotopic (exact) mass is 320 g/mol. The molecule has 0 bridgehead atoms. The average molecular weight is 320 g/mol. The molecule has 0 fully saturated rings. The Morgan fingerprint density at radius 1 is 1.00 bits per heavy atom. The first-order chi connectivity index (χ1) is 11.0. The van der Waals surface area contributed by atoms with Crippen LogP contribution >= 0.6 is 0 Å². The Kier molecular flexibility index (Phi) is 8.16. The lowest BCUT2D eigenvalue weighted by molar-refractivity contribution is -0.131. The number of nitrogens with zero attached hydrogens (tertiary/aromatic N) is 2. The van der Waals surface area contributed by atoms with E-state index < -0.39 is 0 Å². The predicted molar refractivity (Wildman–Crippen MR) is 92.8 cm³/mol. The summed E-state index contributed by atoms with van der Waals surface area (Å²) in [4.78, 5) is 27.8. The molecule has 5 heteroatoms. The summed E-state index contributed by atoms with van der Waals surface area (Å²) in [5.41, 5.74) is 0.710. The van der Waals surface area contributed by atoms with Crippen LogP contribution in [0.25, 0.3) is 0 Å². The van der Waals surface area contributed by atoms with Gasteiger partial charge >= 0.3 is 0 Å². The van der Waals surface area contributed by atoms with Gasteiger partial charge in [0.25, 0.3) is 0 Å². The molecule has 2 amide bonds. The molecule has 0 saturated heterocycles. The van der Waals surface area contributed by atoms with E-state index in [-0.39, 0.29) is 18.4 Å². The molecule has 0 aliphatic heterocycles. The number of carbonyl (C=O) groups is 2. The fourth-order valence-corrected chi connectivity index (χ4v) is 2.41. The smallest absolute Gasteiger partial charge is 0.242 e. The lowest BCUT2D eigenvalue weighted by Gasteiger charge is -2.26. The van der Waals surface area contributed by atoms with Crippen LogP contribution in [0, 0.1) is 0 Å². The maximum atomic E-state index is 12.5. The topological polar surface area (TPSA) is 49.9 Å². The van der Waals surface area contributed by atoms with Gasteiger partial charge in [0, 0.05) is 25.7 Å². The molecule has 0 N–H and O–H groups in total. The van der Waals surface area contributed by atoms with Gasteiger partial charge in [0.05, 0.1) is 6.61 Å². The van der Waals surface area contributed by atoms with Crippen molar-refractivity contribution in [1.29, 1.82) is 0 Å². The maximum absolute atomic E-state index is 12.5. The Morgan fingerprint density at radius 2 is 1.57 bits per heavy atom. The van der Waals surface area contributed by atoms with E-state index >= 15 is 0 Å². The van der Waals surface area contributed by atoms with Crippen LogP contribution in [0.3, 0.4) is 0 Å². The molecule has 23 heavy (non-hydrogen) atoms. The zero-order valence-corrected chi connectivity index (χ0v) is 14.7. The van der Waals surface area contributed by atoms with Crippen LogP contribution in [-0.4, -0.2) is 43.0 Å². The maximum Gasteiger partial charge on any atom is 0.242 e. The molecular formula is C18H28N2O3. The standard InChI is InChI=1S/C18H28N2O3/c1-5-12-19(13-6-2)18(22)14-20(15(4)21)16-8-10-17(11-9-16)23-7-3/h8-11H,5-7,12-14H2,1-4H3. The Morgan fingerprint density at radius 3 is 2.00 bits per heavy atom. The molecule has 0 aliphatic carbocycles. The summed E-state index contributed by atoms with van der Waals surface area (Å²) in [5.74, 6) is 0.595. The number of benzene rings is 1. The van der Waals surface area contributed by atoms with Gasteiger partial charge in [0.1, 0.15) is 12.3 Å². The fourth-order valence-electron chi connectivity index (χ4n) is 2.41. The normalized spacial score (nSPS) is 10.3. The largest absolute Gasteiger partial charge is 0.494 e.